The summed E-state index contributed by atoms with van der Waals surface area (Å²) in [6, 6.07) is 6.08. The van der Waals surface area contributed by atoms with E-state index >= 15 is 0 Å². The van der Waals surface area contributed by atoms with E-state index in [2.05, 4.69) is 16.5 Å². The fourth-order valence-corrected chi connectivity index (χ4v) is 1.80. The molecule has 0 heterocycles. The molecule has 3 heteroatoms. The van der Waals surface area contributed by atoms with Crippen molar-refractivity contribution in [1.29, 1.82) is 0 Å². The summed E-state index contributed by atoms with van der Waals surface area (Å²) in [4.78, 5) is 0. The van der Waals surface area contributed by atoms with E-state index in [0.29, 0.717) is 0 Å². The zero-order valence-corrected chi connectivity index (χ0v) is 9.31. The second-order valence-electron chi connectivity index (χ2n) is 2.27. The zero-order valence-electron chi connectivity index (χ0n) is 6.23. The normalized spacial score (nSPS) is 9.73. The highest BCUT2D eigenvalue weighted by Crippen LogP contribution is 2.21. The molecule has 0 radical (unpaired) electrons. The lowest BCUT2D eigenvalue weighted by atomic mass is 10.1. The van der Waals surface area contributed by atoms with Crippen LogP contribution in [0, 0.1) is 0 Å². The highest BCUT2D eigenvalue weighted by atomic mass is 127. The van der Waals surface area contributed by atoms with Crippen molar-refractivity contribution < 1.29 is 22.9 Å². The number of hydrogen-bond acceptors (Lipinski definition) is 1. The van der Waals surface area contributed by atoms with Crippen LogP contribution in [0.3, 0.4) is 0 Å². The van der Waals surface area contributed by atoms with Gasteiger partial charge in [0.2, 0.25) is 0 Å². The summed E-state index contributed by atoms with van der Waals surface area (Å²) in [6.45, 7) is 2.12. The van der Waals surface area contributed by atoms with Crippen molar-refractivity contribution in [3.63, 3.8) is 0 Å². The first-order chi connectivity index (χ1) is 5.27. The van der Waals surface area contributed by atoms with Gasteiger partial charge in [-0.2, -0.15) is 3.53 Å². The van der Waals surface area contributed by atoms with E-state index in [1.54, 1.807) is 22.9 Å². The van der Waals surface area contributed by atoms with E-state index < -0.39 is 0 Å². The summed E-state index contributed by atoms with van der Waals surface area (Å²) in [5.41, 5.74) is 2.27. The van der Waals surface area contributed by atoms with Gasteiger partial charge in [0.05, 0.1) is 10.7 Å². The van der Waals surface area contributed by atoms with Crippen LogP contribution in [-0.2, 0) is 6.42 Å². The molecule has 60 valence electrons. The maximum Gasteiger partial charge on any atom is 0.401 e. The second kappa shape index (κ2) is 4.16. The summed E-state index contributed by atoms with van der Waals surface area (Å²) in [5, 5.41) is 0.801. The van der Waals surface area contributed by atoms with Gasteiger partial charge in [0, 0.05) is 0 Å². The molecule has 0 saturated heterocycles. The summed E-state index contributed by atoms with van der Waals surface area (Å²) in [5.74, 6) is 0. The average molecular weight is 283 g/mol. The fourth-order valence-electron chi connectivity index (χ4n) is 0.861. The van der Waals surface area contributed by atoms with E-state index in [1.165, 1.54) is 5.56 Å². The Labute approximate surface area is 85.6 Å². The van der Waals surface area contributed by atoms with Crippen LogP contribution in [0.15, 0.2) is 18.2 Å². The number of hydrogen-bond donors (Lipinski definition) is 1. The van der Waals surface area contributed by atoms with Crippen LogP contribution in [0.5, 0.6) is 0 Å². The molecule has 0 spiro atoms. The van der Waals surface area contributed by atoms with E-state index in [0.717, 1.165) is 17.1 Å². The first-order valence-electron chi connectivity index (χ1n) is 3.44. The zero-order chi connectivity index (χ0) is 8.27. The van der Waals surface area contributed by atoms with E-state index in [9.17, 15) is 0 Å². The molecule has 1 aromatic rings. The van der Waals surface area contributed by atoms with Crippen molar-refractivity contribution in [2.45, 2.75) is 13.3 Å². The summed E-state index contributed by atoms with van der Waals surface area (Å²) < 4.78 is 3.02. The first-order valence-corrected chi connectivity index (χ1v) is 4.98. The SMILES string of the molecule is CCc1ccc(N[IH+])c(Cl)c1. The molecule has 11 heavy (non-hydrogen) atoms. The van der Waals surface area contributed by atoms with E-state index in [1.807, 2.05) is 12.1 Å². The molecule has 0 aliphatic heterocycles. The first kappa shape index (κ1) is 9.13. The summed E-state index contributed by atoms with van der Waals surface area (Å²) in [7, 11) is 0. The predicted molar refractivity (Wildman–Crippen MR) is 45.8 cm³/mol. The predicted octanol–water partition coefficient (Wildman–Crippen LogP) is -0.485. The monoisotopic (exact) mass is 282 g/mol. The van der Waals surface area contributed by atoms with Crippen molar-refractivity contribution in [3.05, 3.63) is 28.8 Å². The Bertz CT molecular complexity index is 250. The van der Waals surface area contributed by atoms with Crippen molar-refractivity contribution in [2.75, 3.05) is 3.53 Å². The second-order valence-corrected chi connectivity index (χ2v) is 3.26. The van der Waals surface area contributed by atoms with E-state index in [4.69, 9.17) is 11.6 Å². The molecule has 0 aromatic heterocycles. The van der Waals surface area contributed by atoms with Crippen molar-refractivity contribution >= 4 is 17.3 Å². The van der Waals surface area contributed by atoms with Crippen molar-refractivity contribution in [2.24, 2.45) is 0 Å². The van der Waals surface area contributed by atoms with Gasteiger partial charge >= 0.3 is 22.9 Å². The molecule has 0 fully saturated rings. The number of nitrogens with one attached hydrogen (secondary N) is 1. The van der Waals surface area contributed by atoms with Crippen LogP contribution in [0.4, 0.5) is 5.69 Å². The standard InChI is InChI=1S/C8H10ClIN/c1-2-6-3-4-8(11-10)7(9)5-6/h3-5,10-11H,2H2,1H3/q+1. The average Bonchev–Trinajstić information content (AvgIpc) is 2.04. The lowest BCUT2D eigenvalue weighted by Gasteiger charge is -1.99. The summed E-state index contributed by atoms with van der Waals surface area (Å²) in [6.07, 6.45) is 1.03. The van der Waals surface area contributed by atoms with Crippen LogP contribution in [0.2, 0.25) is 5.02 Å². The molecule has 0 bridgehead atoms. The molecule has 1 aromatic carbocycles. The topological polar surface area (TPSA) is 12.0 Å². The van der Waals surface area contributed by atoms with Gasteiger partial charge in [0.25, 0.3) is 0 Å². The Hall–Kier alpha value is 0.0400. The molecule has 0 amide bonds. The van der Waals surface area contributed by atoms with Crippen molar-refractivity contribution in [1.82, 2.24) is 0 Å². The fraction of sp³-hybridized carbons (Fsp3) is 0.250. The Morgan fingerprint density at radius 2 is 2.27 bits per heavy atom. The number of anilines is 1. The van der Waals surface area contributed by atoms with Crippen LogP contribution in [0.1, 0.15) is 12.5 Å². The van der Waals surface area contributed by atoms with Gasteiger partial charge in [-0.1, -0.05) is 24.6 Å². The van der Waals surface area contributed by atoms with E-state index in [-0.39, 0.29) is 0 Å². The van der Waals surface area contributed by atoms with Gasteiger partial charge in [-0.3, -0.25) is 0 Å². The van der Waals surface area contributed by atoms with Crippen LogP contribution >= 0.6 is 11.6 Å². The third-order valence-electron chi connectivity index (χ3n) is 1.55. The Morgan fingerprint density at radius 1 is 1.55 bits per heavy atom. The smallest absolute Gasteiger partial charge is 0.180 e. The maximum atomic E-state index is 5.95. The molecular formula is C8H10ClIN+. The molecule has 0 aliphatic carbocycles. The van der Waals surface area contributed by atoms with Gasteiger partial charge < -0.3 is 0 Å². The van der Waals surface area contributed by atoms with Gasteiger partial charge in [-0.25, -0.2) is 0 Å². The van der Waals surface area contributed by atoms with Crippen LogP contribution in [-0.4, -0.2) is 0 Å². The molecule has 1 rings (SSSR count). The van der Waals surface area contributed by atoms with Gasteiger partial charge in [0.15, 0.2) is 0 Å². The molecule has 0 aliphatic rings. The minimum Gasteiger partial charge on any atom is -0.180 e. The number of halogens is 2. The van der Waals surface area contributed by atoms with Crippen LogP contribution in [0.25, 0.3) is 0 Å². The molecule has 0 atom stereocenters. The highest BCUT2D eigenvalue weighted by Gasteiger charge is 2.00. The minimum absolute atomic E-state index is 0.801. The Morgan fingerprint density at radius 3 is 2.73 bits per heavy atom. The largest absolute Gasteiger partial charge is 0.401 e. The molecule has 1 N–H and O–H groups in total. The third-order valence-corrected chi connectivity index (χ3v) is 2.49. The quantitative estimate of drug-likeness (QED) is 0.570. The Balaban J connectivity index is 2.99. The number of aryl methyl sites for hydroxylation is 1. The molecule has 0 unspecified atom stereocenters. The summed E-state index contributed by atoms with van der Waals surface area (Å²) >= 11 is 7.75. The third kappa shape index (κ3) is 2.24. The Kier molecular flexibility index (Phi) is 3.45. The lowest BCUT2D eigenvalue weighted by Crippen LogP contribution is -3.38. The lowest BCUT2D eigenvalue weighted by molar-refractivity contribution is -0.325. The number of benzene rings is 1. The molecular weight excluding hydrogens is 272 g/mol. The van der Waals surface area contributed by atoms with Crippen molar-refractivity contribution in [3.8, 4) is 0 Å². The highest BCUT2D eigenvalue weighted by molar-refractivity contribution is 6.33. The minimum atomic E-state index is 0.801. The van der Waals surface area contributed by atoms with Gasteiger partial charge in [-0.05, 0) is 24.1 Å². The maximum absolute atomic E-state index is 5.95. The number of rotatable bonds is 2. The molecule has 0 saturated carbocycles. The molecule has 1 nitrogen and oxygen atoms in total. The van der Waals surface area contributed by atoms with Gasteiger partial charge in [0.1, 0.15) is 0 Å². The van der Waals surface area contributed by atoms with Gasteiger partial charge in [-0.15, -0.1) is 0 Å². The van der Waals surface area contributed by atoms with Crippen LogP contribution < -0.4 is 26.4 Å².